The summed E-state index contributed by atoms with van der Waals surface area (Å²) in [4.78, 5) is 9.78. The Labute approximate surface area is 118 Å². The van der Waals surface area contributed by atoms with Crippen molar-refractivity contribution in [2.75, 3.05) is 5.43 Å². The van der Waals surface area contributed by atoms with Crippen LogP contribution < -0.4 is 5.43 Å². The number of hydrogen-bond acceptors (Lipinski definition) is 6. The lowest BCUT2D eigenvalue weighted by Crippen LogP contribution is -1.91. The van der Waals surface area contributed by atoms with Gasteiger partial charge in [0.15, 0.2) is 0 Å². The van der Waals surface area contributed by atoms with Crippen molar-refractivity contribution in [1.82, 2.24) is 9.97 Å². The lowest BCUT2D eigenvalue weighted by molar-refractivity contribution is 1.26. The Morgan fingerprint density at radius 3 is 2.95 bits per heavy atom. The number of hydrazone groups is 1. The van der Waals surface area contributed by atoms with Crippen LogP contribution in [0.4, 0.5) is 5.13 Å². The van der Waals surface area contributed by atoms with E-state index in [1.165, 1.54) is 11.3 Å². The number of aromatic nitrogens is 2. The first kappa shape index (κ1) is 12.0. The summed E-state index contributed by atoms with van der Waals surface area (Å²) in [6, 6.07) is 9.77. The van der Waals surface area contributed by atoms with Crippen LogP contribution >= 0.6 is 22.7 Å². The minimum Gasteiger partial charge on any atom is -0.255 e. The molecule has 0 unspecified atom stereocenters. The first-order valence-corrected chi connectivity index (χ1v) is 7.37. The number of thiazole rings is 1. The second-order valence-electron chi connectivity index (χ2n) is 3.64. The van der Waals surface area contributed by atoms with Gasteiger partial charge < -0.3 is 0 Å². The number of rotatable bonds is 4. The van der Waals surface area contributed by atoms with Crippen LogP contribution in [-0.2, 0) is 0 Å². The predicted molar refractivity (Wildman–Crippen MR) is 80.9 cm³/mol. The monoisotopic (exact) mass is 286 g/mol. The summed E-state index contributed by atoms with van der Waals surface area (Å²) in [5.74, 6) is 0. The molecule has 6 heteroatoms. The summed E-state index contributed by atoms with van der Waals surface area (Å²) >= 11 is 3.21. The third kappa shape index (κ3) is 3.04. The molecule has 3 rings (SSSR count). The van der Waals surface area contributed by atoms with E-state index < -0.39 is 0 Å². The first-order valence-electron chi connectivity index (χ1n) is 5.61. The number of anilines is 1. The van der Waals surface area contributed by atoms with E-state index in [0.717, 1.165) is 21.4 Å². The number of pyridine rings is 1. The molecule has 0 aliphatic carbocycles. The minimum absolute atomic E-state index is 0.774. The average Bonchev–Trinajstić information content (AvgIpc) is 3.10. The lowest BCUT2D eigenvalue weighted by atomic mass is 10.4. The van der Waals surface area contributed by atoms with Crippen molar-refractivity contribution in [3.8, 4) is 10.6 Å². The maximum Gasteiger partial charge on any atom is 0.203 e. The lowest BCUT2D eigenvalue weighted by Gasteiger charge is -1.93. The molecule has 1 N–H and O–H groups in total. The summed E-state index contributed by atoms with van der Waals surface area (Å²) < 4.78 is 0. The Hall–Kier alpha value is -2.05. The minimum atomic E-state index is 0.774. The third-order valence-electron chi connectivity index (χ3n) is 2.32. The Balaban J connectivity index is 1.67. The van der Waals surface area contributed by atoms with E-state index >= 15 is 0 Å². The summed E-state index contributed by atoms with van der Waals surface area (Å²) in [6.45, 7) is 0. The van der Waals surface area contributed by atoms with Gasteiger partial charge in [-0.25, -0.2) is 4.98 Å². The van der Waals surface area contributed by atoms with Crippen LogP contribution in [0.2, 0.25) is 0 Å². The van der Waals surface area contributed by atoms with Gasteiger partial charge >= 0.3 is 0 Å². The van der Waals surface area contributed by atoms with Gasteiger partial charge in [0.25, 0.3) is 0 Å². The molecular weight excluding hydrogens is 276 g/mol. The maximum absolute atomic E-state index is 4.47. The van der Waals surface area contributed by atoms with Crippen molar-refractivity contribution in [3.05, 3.63) is 53.0 Å². The van der Waals surface area contributed by atoms with E-state index in [9.17, 15) is 0 Å². The van der Waals surface area contributed by atoms with E-state index in [0.29, 0.717) is 0 Å². The van der Waals surface area contributed by atoms with Crippen LogP contribution in [0.3, 0.4) is 0 Å². The zero-order valence-corrected chi connectivity index (χ0v) is 11.5. The zero-order chi connectivity index (χ0) is 12.9. The van der Waals surface area contributed by atoms with Crippen LogP contribution in [0, 0.1) is 0 Å². The number of hydrogen-bond donors (Lipinski definition) is 1. The summed E-state index contributed by atoms with van der Waals surface area (Å²) in [5.41, 5.74) is 4.71. The topological polar surface area (TPSA) is 50.2 Å². The Morgan fingerprint density at radius 1 is 1.16 bits per heavy atom. The van der Waals surface area contributed by atoms with Crippen molar-refractivity contribution >= 4 is 34.0 Å². The standard InChI is InChI=1S/C13H10N4S2/c1-2-6-14-10(4-1)8-15-17-13-16-11(9-19-13)12-5-3-7-18-12/h1-9H,(H,16,17)/b15-8-. The van der Waals surface area contributed by atoms with Gasteiger partial charge in [-0.05, 0) is 23.6 Å². The second kappa shape index (κ2) is 5.73. The van der Waals surface area contributed by atoms with Gasteiger partial charge in [0.05, 0.1) is 22.5 Å². The summed E-state index contributed by atoms with van der Waals surface area (Å²) in [6.07, 6.45) is 3.41. The van der Waals surface area contributed by atoms with Gasteiger partial charge in [-0.1, -0.05) is 12.1 Å². The Bertz CT molecular complexity index is 659. The van der Waals surface area contributed by atoms with Gasteiger partial charge in [-0.3, -0.25) is 10.4 Å². The average molecular weight is 286 g/mol. The van der Waals surface area contributed by atoms with Crippen LogP contribution in [0.1, 0.15) is 5.69 Å². The highest BCUT2D eigenvalue weighted by molar-refractivity contribution is 7.15. The van der Waals surface area contributed by atoms with E-state index in [-0.39, 0.29) is 0 Å². The van der Waals surface area contributed by atoms with Crippen LogP contribution in [0.5, 0.6) is 0 Å². The molecule has 0 fully saturated rings. The molecule has 19 heavy (non-hydrogen) atoms. The molecule has 0 aliphatic rings. The molecule has 0 aromatic carbocycles. The molecule has 0 saturated carbocycles. The number of nitrogens with zero attached hydrogens (tertiary/aromatic N) is 3. The molecule has 0 radical (unpaired) electrons. The highest BCUT2D eigenvalue weighted by atomic mass is 32.1. The number of nitrogens with one attached hydrogen (secondary N) is 1. The molecule has 4 nitrogen and oxygen atoms in total. The van der Waals surface area contributed by atoms with Gasteiger partial charge in [0.1, 0.15) is 0 Å². The van der Waals surface area contributed by atoms with E-state index in [1.807, 2.05) is 35.0 Å². The maximum atomic E-state index is 4.47. The molecule has 0 bridgehead atoms. The SMILES string of the molecule is C(=N/Nc1nc(-c2cccs2)cs1)/c1ccccn1. The van der Waals surface area contributed by atoms with Crippen molar-refractivity contribution in [2.45, 2.75) is 0 Å². The Morgan fingerprint density at radius 2 is 2.16 bits per heavy atom. The fourth-order valence-corrected chi connectivity index (χ4v) is 2.89. The molecule has 0 amide bonds. The van der Waals surface area contributed by atoms with E-state index in [4.69, 9.17) is 0 Å². The molecule has 3 heterocycles. The first-order chi connectivity index (χ1) is 9.42. The molecule has 3 aromatic heterocycles. The summed E-state index contributed by atoms with van der Waals surface area (Å²) in [5, 5.41) is 8.95. The smallest absolute Gasteiger partial charge is 0.203 e. The molecular formula is C13H10N4S2. The van der Waals surface area contributed by atoms with Crippen molar-refractivity contribution in [1.29, 1.82) is 0 Å². The highest BCUT2D eigenvalue weighted by Gasteiger charge is 2.03. The highest BCUT2D eigenvalue weighted by Crippen LogP contribution is 2.28. The van der Waals surface area contributed by atoms with Gasteiger partial charge in [0.2, 0.25) is 5.13 Å². The largest absolute Gasteiger partial charge is 0.255 e. The van der Waals surface area contributed by atoms with E-state index in [1.54, 1.807) is 23.7 Å². The van der Waals surface area contributed by atoms with Crippen LogP contribution in [0.25, 0.3) is 10.6 Å². The molecule has 0 saturated heterocycles. The van der Waals surface area contributed by atoms with Gasteiger partial charge in [-0.15, -0.1) is 22.7 Å². The fraction of sp³-hybridized carbons (Fsp3) is 0. The number of thiophene rings is 1. The zero-order valence-electron chi connectivity index (χ0n) is 9.85. The quantitative estimate of drug-likeness (QED) is 0.587. The fourth-order valence-electron chi connectivity index (χ4n) is 1.47. The Kier molecular flexibility index (Phi) is 3.62. The van der Waals surface area contributed by atoms with Crippen molar-refractivity contribution < 1.29 is 0 Å². The van der Waals surface area contributed by atoms with E-state index in [2.05, 4.69) is 26.6 Å². The van der Waals surface area contributed by atoms with Gasteiger partial charge in [0, 0.05) is 11.6 Å². The summed E-state index contributed by atoms with van der Waals surface area (Å²) in [7, 11) is 0. The van der Waals surface area contributed by atoms with Gasteiger partial charge in [-0.2, -0.15) is 5.10 Å². The predicted octanol–water partition coefficient (Wildman–Crippen LogP) is 3.71. The molecule has 3 aromatic rings. The normalized spacial score (nSPS) is 10.9. The molecule has 0 atom stereocenters. The van der Waals surface area contributed by atoms with Crippen LogP contribution in [0.15, 0.2) is 52.4 Å². The van der Waals surface area contributed by atoms with Crippen molar-refractivity contribution in [2.24, 2.45) is 5.10 Å². The molecule has 0 aliphatic heterocycles. The van der Waals surface area contributed by atoms with Crippen molar-refractivity contribution in [3.63, 3.8) is 0 Å². The molecule has 0 spiro atoms. The molecule has 94 valence electrons. The second-order valence-corrected chi connectivity index (χ2v) is 5.45. The van der Waals surface area contributed by atoms with Crippen LogP contribution in [-0.4, -0.2) is 16.2 Å². The third-order valence-corrected chi connectivity index (χ3v) is 3.96.